The Bertz CT molecular complexity index is 2200. The molecule has 0 spiro atoms. The Labute approximate surface area is 285 Å². The number of hydrogen-bond acceptors (Lipinski definition) is 12. The SMILES string of the molecule is COC(=O)Oc1cccc2c(=O)n(-c3ccc(C(=O)N[C@@H](C(=O)N[C@@H]4C(=O)N5C4SC(C)(C)C5C(=O)O)c4ccccc4)cc3O)c(=O)oc12. The van der Waals surface area contributed by atoms with Crippen molar-refractivity contribution in [1.29, 1.82) is 0 Å². The molecule has 16 nitrogen and oxygen atoms in total. The number of aliphatic carboxylic acids is 1. The Morgan fingerprint density at radius 1 is 1.00 bits per heavy atom. The summed E-state index contributed by atoms with van der Waals surface area (Å²) in [4.78, 5) is 91.1. The summed E-state index contributed by atoms with van der Waals surface area (Å²) in [6, 6.07) is 12.0. The normalized spacial score (nSPS) is 19.5. The van der Waals surface area contributed by atoms with Crippen molar-refractivity contribution in [3.05, 3.63) is 98.8 Å². The molecular formula is C33H28N4O12S. The maximum Gasteiger partial charge on any atom is 0.513 e. The highest BCUT2D eigenvalue weighted by Gasteiger charge is 2.64. The summed E-state index contributed by atoms with van der Waals surface area (Å²) in [7, 11) is 1.07. The smallest absolute Gasteiger partial charge is 0.506 e. The molecule has 0 radical (unpaired) electrons. The molecule has 4 N–H and O–H groups in total. The topological polar surface area (TPSA) is 224 Å². The van der Waals surface area contributed by atoms with E-state index in [4.69, 9.17) is 9.15 Å². The number of aromatic hydroxyl groups is 1. The van der Waals surface area contributed by atoms with E-state index in [0.717, 1.165) is 19.2 Å². The molecular weight excluding hydrogens is 676 g/mol. The molecule has 2 saturated heterocycles. The predicted molar refractivity (Wildman–Crippen MR) is 175 cm³/mol. The number of ether oxygens (including phenoxy) is 2. The molecule has 2 aliphatic rings. The fourth-order valence-corrected chi connectivity index (χ4v) is 7.57. The van der Waals surface area contributed by atoms with Crippen LogP contribution in [0.25, 0.3) is 16.7 Å². The van der Waals surface area contributed by atoms with Crippen molar-refractivity contribution >= 4 is 52.6 Å². The third-order valence-electron chi connectivity index (χ3n) is 8.27. The van der Waals surface area contributed by atoms with Gasteiger partial charge in [-0.1, -0.05) is 36.4 Å². The van der Waals surface area contributed by atoms with Crippen LogP contribution < -0.4 is 26.7 Å². The molecule has 258 valence electrons. The largest absolute Gasteiger partial charge is 0.513 e. The van der Waals surface area contributed by atoms with Gasteiger partial charge < -0.3 is 39.6 Å². The third-order valence-corrected chi connectivity index (χ3v) is 9.84. The molecule has 0 bridgehead atoms. The van der Waals surface area contributed by atoms with E-state index in [1.54, 1.807) is 44.2 Å². The number of carbonyl (C=O) groups excluding carboxylic acids is 4. The summed E-state index contributed by atoms with van der Waals surface area (Å²) in [5.41, 5.74) is -1.39. The van der Waals surface area contributed by atoms with Crippen LogP contribution in [0.4, 0.5) is 4.79 Å². The average Bonchev–Trinajstić information content (AvgIpc) is 3.34. The monoisotopic (exact) mass is 704 g/mol. The fraction of sp³-hybridized carbons (Fsp3) is 0.242. The van der Waals surface area contributed by atoms with Crippen LogP contribution in [0.1, 0.15) is 35.8 Å². The zero-order valence-electron chi connectivity index (χ0n) is 26.4. The summed E-state index contributed by atoms with van der Waals surface area (Å²) in [6.45, 7) is 3.41. The quantitative estimate of drug-likeness (QED) is 0.117. The van der Waals surface area contributed by atoms with Gasteiger partial charge in [0.1, 0.15) is 29.2 Å². The van der Waals surface area contributed by atoms with Gasteiger partial charge in [0, 0.05) is 10.3 Å². The summed E-state index contributed by atoms with van der Waals surface area (Å²) in [5, 5.41) is 25.0. The van der Waals surface area contributed by atoms with Crippen LogP contribution in [0.2, 0.25) is 0 Å². The molecule has 3 amide bonds. The van der Waals surface area contributed by atoms with Crippen molar-refractivity contribution in [2.45, 2.75) is 42.1 Å². The second-order valence-electron chi connectivity index (χ2n) is 11.8. The number of β-lactam (4-membered cyclic amide) rings is 1. The van der Waals surface area contributed by atoms with E-state index in [0.29, 0.717) is 10.1 Å². The molecule has 4 aromatic rings. The number of aromatic nitrogens is 1. The number of carbonyl (C=O) groups is 5. The highest BCUT2D eigenvalue weighted by Crippen LogP contribution is 2.50. The second kappa shape index (κ2) is 12.7. The Morgan fingerprint density at radius 3 is 2.38 bits per heavy atom. The number of phenols is 1. The number of para-hydroxylation sites is 1. The van der Waals surface area contributed by atoms with Gasteiger partial charge in [-0.05, 0) is 49.7 Å². The zero-order chi connectivity index (χ0) is 36.1. The highest BCUT2D eigenvalue weighted by molar-refractivity contribution is 8.01. The van der Waals surface area contributed by atoms with Crippen molar-refractivity contribution in [2.75, 3.05) is 7.11 Å². The van der Waals surface area contributed by atoms with Gasteiger partial charge in [0.25, 0.3) is 11.5 Å². The first-order chi connectivity index (χ1) is 23.7. The minimum absolute atomic E-state index is 0.157. The lowest BCUT2D eigenvalue weighted by Crippen LogP contribution is -2.71. The first-order valence-electron chi connectivity index (χ1n) is 14.9. The molecule has 17 heteroatoms. The maximum atomic E-state index is 13.6. The molecule has 2 aliphatic heterocycles. The van der Waals surface area contributed by atoms with Gasteiger partial charge in [0.2, 0.25) is 11.8 Å². The Balaban J connectivity index is 1.25. The highest BCUT2D eigenvalue weighted by atomic mass is 32.2. The lowest BCUT2D eigenvalue weighted by molar-refractivity contribution is -0.161. The number of nitrogens with zero attached hydrogens (tertiary/aromatic N) is 2. The molecule has 0 saturated carbocycles. The number of methoxy groups -OCH3 is 1. The number of carboxylic acids is 1. The van der Waals surface area contributed by atoms with E-state index >= 15 is 0 Å². The number of hydrogen-bond donors (Lipinski definition) is 4. The Morgan fingerprint density at radius 2 is 1.72 bits per heavy atom. The summed E-state index contributed by atoms with van der Waals surface area (Å²) in [6.07, 6.45) is -1.11. The van der Waals surface area contributed by atoms with Gasteiger partial charge in [0.05, 0.1) is 18.2 Å². The third kappa shape index (κ3) is 5.80. The molecule has 6 rings (SSSR count). The van der Waals surface area contributed by atoms with E-state index < -0.39 is 75.2 Å². The molecule has 1 aromatic heterocycles. The number of nitrogens with one attached hydrogen (secondary N) is 2. The lowest BCUT2D eigenvalue weighted by Gasteiger charge is -2.44. The maximum absolute atomic E-state index is 13.6. The predicted octanol–water partition coefficient (Wildman–Crippen LogP) is 1.90. The molecule has 2 unspecified atom stereocenters. The van der Waals surface area contributed by atoms with Crippen LogP contribution in [0.5, 0.6) is 11.5 Å². The van der Waals surface area contributed by atoms with Crippen molar-refractivity contribution in [2.24, 2.45) is 0 Å². The first kappa shape index (κ1) is 33.8. The molecule has 0 aliphatic carbocycles. The van der Waals surface area contributed by atoms with Gasteiger partial charge in [-0.2, -0.15) is 0 Å². The molecule has 3 aromatic carbocycles. The van der Waals surface area contributed by atoms with E-state index in [9.17, 15) is 43.8 Å². The number of carboxylic acid groups (broad SMARTS) is 1. The average molecular weight is 705 g/mol. The zero-order valence-corrected chi connectivity index (χ0v) is 27.3. The Kier molecular flexibility index (Phi) is 8.61. The van der Waals surface area contributed by atoms with Crippen LogP contribution in [-0.2, 0) is 19.1 Å². The first-order valence-corrected chi connectivity index (χ1v) is 15.8. The van der Waals surface area contributed by atoms with E-state index in [1.807, 2.05) is 0 Å². The summed E-state index contributed by atoms with van der Waals surface area (Å²) in [5.74, 6) is -5.44. The molecule has 2 fully saturated rings. The molecule has 3 heterocycles. The number of thioether (sulfide) groups is 1. The summed E-state index contributed by atoms with van der Waals surface area (Å²) >= 11 is 1.25. The van der Waals surface area contributed by atoms with Gasteiger partial charge in [-0.25, -0.2) is 19.0 Å². The number of phenolic OH excluding ortho intramolecular Hbond substituents is 1. The van der Waals surface area contributed by atoms with Gasteiger partial charge in [-0.3, -0.25) is 19.2 Å². The van der Waals surface area contributed by atoms with Gasteiger partial charge >= 0.3 is 17.9 Å². The van der Waals surface area contributed by atoms with Crippen LogP contribution >= 0.6 is 11.8 Å². The fourth-order valence-electron chi connectivity index (χ4n) is 5.94. The van der Waals surface area contributed by atoms with Crippen LogP contribution in [-0.4, -0.2) is 78.8 Å². The minimum atomic E-state index is -1.32. The van der Waals surface area contributed by atoms with Crippen LogP contribution in [0.3, 0.4) is 0 Å². The van der Waals surface area contributed by atoms with Crippen molar-refractivity contribution in [3.63, 3.8) is 0 Å². The summed E-state index contributed by atoms with van der Waals surface area (Å²) < 4.78 is 14.4. The van der Waals surface area contributed by atoms with E-state index in [1.165, 1.54) is 40.9 Å². The van der Waals surface area contributed by atoms with Crippen LogP contribution in [0, 0.1) is 0 Å². The van der Waals surface area contributed by atoms with Crippen molar-refractivity contribution in [1.82, 2.24) is 20.1 Å². The van der Waals surface area contributed by atoms with Gasteiger partial charge in [-0.15, -0.1) is 11.8 Å². The van der Waals surface area contributed by atoms with E-state index in [-0.39, 0.29) is 28.0 Å². The molecule has 4 atom stereocenters. The van der Waals surface area contributed by atoms with Crippen molar-refractivity contribution < 1.29 is 48.1 Å². The van der Waals surface area contributed by atoms with Gasteiger partial charge in [0.15, 0.2) is 11.3 Å². The second-order valence-corrected chi connectivity index (χ2v) is 13.6. The lowest BCUT2D eigenvalue weighted by atomic mass is 9.95. The minimum Gasteiger partial charge on any atom is -0.506 e. The number of fused-ring (bicyclic) bond motifs is 2. The number of amides is 3. The molecule has 50 heavy (non-hydrogen) atoms. The van der Waals surface area contributed by atoms with Crippen LogP contribution in [0.15, 0.2) is 80.7 Å². The Hall–Kier alpha value is -6.10. The standard InChI is InChI=1S/C33H28N4O12S/c1-33(2)24(30(43)44)37-28(42)22(29(37)50-33)35-26(40)21(15-8-5-4-6-9-15)34-25(39)16-12-13-18(19(38)14-16)36-27(41)17-10-7-11-20(48-32(46)47-3)23(17)49-31(36)45/h4-14,21-22,24,29,38H,1-3H3,(H,34,39)(H,35,40)(H,43,44)/t21-,22-,24?,29?/m1/s1. The number of benzene rings is 3. The van der Waals surface area contributed by atoms with E-state index in [2.05, 4.69) is 15.4 Å². The van der Waals surface area contributed by atoms with Crippen molar-refractivity contribution in [3.8, 4) is 17.2 Å². The number of rotatable bonds is 8.